The van der Waals surface area contributed by atoms with Crippen molar-refractivity contribution < 1.29 is 0 Å². The summed E-state index contributed by atoms with van der Waals surface area (Å²) in [5.41, 5.74) is 2.50. The first kappa shape index (κ1) is 11.4. The molecule has 0 amide bonds. The number of hydrogen-bond donors (Lipinski definition) is 1. The number of pyridine rings is 1. The zero-order chi connectivity index (χ0) is 11.5. The van der Waals surface area contributed by atoms with E-state index >= 15 is 0 Å². The van der Waals surface area contributed by atoms with Crippen LogP contribution in [-0.2, 0) is 0 Å². The fourth-order valence-electron chi connectivity index (χ4n) is 2.53. The average molecular weight is 218 g/mol. The molecule has 1 saturated carbocycles. The lowest BCUT2D eigenvalue weighted by Crippen LogP contribution is -2.30. The summed E-state index contributed by atoms with van der Waals surface area (Å²) < 4.78 is 0. The van der Waals surface area contributed by atoms with Gasteiger partial charge in [0.1, 0.15) is 0 Å². The van der Waals surface area contributed by atoms with Crippen LogP contribution in [0.1, 0.15) is 38.7 Å². The topological polar surface area (TPSA) is 24.9 Å². The van der Waals surface area contributed by atoms with Gasteiger partial charge in [-0.1, -0.05) is 13.8 Å². The molecular formula is C14H22N2. The van der Waals surface area contributed by atoms with Crippen molar-refractivity contribution >= 4 is 5.69 Å². The van der Waals surface area contributed by atoms with Crippen molar-refractivity contribution in [3.63, 3.8) is 0 Å². The zero-order valence-corrected chi connectivity index (χ0v) is 10.5. The van der Waals surface area contributed by atoms with Gasteiger partial charge in [0.05, 0.1) is 0 Å². The molecule has 2 heteroatoms. The van der Waals surface area contributed by atoms with Crippen molar-refractivity contribution in [2.45, 2.75) is 46.1 Å². The lowest BCUT2D eigenvalue weighted by atomic mass is 9.79. The van der Waals surface area contributed by atoms with Crippen LogP contribution in [0.15, 0.2) is 18.5 Å². The Balaban J connectivity index is 1.98. The summed E-state index contributed by atoms with van der Waals surface area (Å²) in [6.07, 6.45) is 7.74. The number of aryl methyl sites for hydroxylation is 1. The van der Waals surface area contributed by atoms with E-state index in [2.05, 4.69) is 37.1 Å². The van der Waals surface area contributed by atoms with Crippen molar-refractivity contribution in [2.75, 3.05) is 5.32 Å². The normalized spacial score (nSPS) is 30.1. The van der Waals surface area contributed by atoms with E-state index in [1.54, 1.807) is 0 Å². The monoisotopic (exact) mass is 218 g/mol. The highest BCUT2D eigenvalue weighted by atomic mass is 14.9. The van der Waals surface area contributed by atoms with Crippen molar-refractivity contribution in [1.82, 2.24) is 4.98 Å². The summed E-state index contributed by atoms with van der Waals surface area (Å²) in [4.78, 5) is 4.13. The van der Waals surface area contributed by atoms with Gasteiger partial charge in [-0.3, -0.25) is 4.98 Å². The van der Waals surface area contributed by atoms with E-state index in [9.17, 15) is 0 Å². The van der Waals surface area contributed by atoms with Crippen LogP contribution in [0.4, 0.5) is 5.69 Å². The first-order valence-corrected chi connectivity index (χ1v) is 6.34. The molecule has 1 aliphatic rings. The fraction of sp³-hybridized carbons (Fsp3) is 0.643. The molecule has 0 aromatic carbocycles. The third-order valence-electron chi connectivity index (χ3n) is 3.98. The number of anilines is 1. The maximum atomic E-state index is 4.13. The molecular weight excluding hydrogens is 196 g/mol. The number of nitrogens with zero attached hydrogens (tertiary/aromatic N) is 1. The van der Waals surface area contributed by atoms with Gasteiger partial charge in [-0.05, 0) is 49.7 Å². The summed E-state index contributed by atoms with van der Waals surface area (Å²) in [5, 5.41) is 3.66. The van der Waals surface area contributed by atoms with E-state index in [0.717, 1.165) is 11.8 Å². The summed E-state index contributed by atoms with van der Waals surface area (Å²) in [5.74, 6) is 1.73. The highest BCUT2D eigenvalue weighted by Gasteiger charge is 2.24. The molecule has 1 aromatic heterocycles. The minimum atomic E-state index is 0.646. The summed E-state index contributed by atoms with van der Waals surface area (Å²) in [6, 6.07) is 2.73. The fourth-order valence-corrected chi connectivity index (χ4v) is 2.53. The van der Waals surface area contributed by atoms with Crippen LogP contribution in [0.3, 0.4) is 0 Å². The molecule has 1 heterocycles. The van der Waals surface area contributed by atoms with E-state index in [0.29, 0.717) is 6.04 Å². The highest BCUT2D eigenvalue weighted by molar-refractivity contribution is 5.49. The summed E-state index contributed by atoms with van der Waals surface area (Å²) in [6.45, 7) is 6.86. The van der Waals surface area contributed by atoms with Crippen molar-refractivity contribution in [2.24, 2.45) is 11.8 Å². The van der Waals surface area contributed by atoms with Crippen LogP contribution < -0.4 is 5.32 Å². The van der Waals surface area contributed by atoms with Gasteiger partial charge in [-0.15, -0.1) is 0 Å². The van der Waals surface area contributed by atoms with Gasteiger partial charge in [-0.25, -0.2) is 0 Å². The van der Waals surface area contributed by atoms with E-state index < -0.39 is 0 Å². The molecule has 1 aliphatic carbocycles. The molecule has 0 spiro atoms. The molecule has 1 fully saturated rings. The SMILES string of the molecule is Cc1cnccc1NC1CCC(C)C(C)C1. The van der Waals surface area contributed by atoms with Gasteiger partial charge >= 0.3 is 0 Å². The minimum Gasteiger partial charge on any atom is -0.382 e. The second-order valence-electron chi connectivity index (χ2n) is 5.30. The maximum Gasteiger partial charge on any atom is 0.0402 e. The number of aromatic nitrogens is 1. The molecule has 16 heavy (non-hydrogen) atoms. The molecule has 0 saturated heterocycles. The van der Waals surface area contributed by atoms with E-state index in [-0.39, 0.29) is 0 Å². The lowest BCUT2D eigenvalue weighted by molar-refractivity contribution is 0.261. The maximum absolute atomic E-state index is 4.13. The molecule has 0 radical (unpaired) electrons. The predicted octanol–water partition coefficient (Wildman–Crippen LogP) is 3.63. The third-order valence-corrected chi connectivity index (χ3v) is 3.98. The molecule has 88 valence electrons. The van der Waals surface area contributed by atoms with Gasteiger partial charge in [0.15, 0.2) is 0 Å². The molecule has 0 aliphatic heterocycles. The van der Waals surface area contributed by atoms with E-state index in [1.807, 2.05) is 12.4 Å². The van der Waals surface area contributed by atoms with Crippen molar-refractivity contribution in [1.29, 1.82) is 0 Å². The zero-order valence-electron chi connectivity index (χ0n) is 10.5. The molecule has 3 atom stereocenters. The molecule has 2 rings (SSSR count). The smallest absolute Gasteiger partial charge is 0.0402 e. The number of hydrogen-bond acceptors (Lipinski definition) is 2. The Labute approximate surface area is 98.5 Å². The lowest BCUT2D eigenvalue weighted by Gasteiger charge is -2.33. The minimum absolute atomic E-state index is 0.646. The van der Waals surface area contributed by atoms with E-state index in [1.165, 1.54) is 30.5 Å². The molecule has 1 N–H and O–H groups in total. The Morgan fingerprint density at radius 1 is 1.25 bits per heavy atom. The average Bonchev–Trinajstić information content (AvgIpc) is 2.27. The Hall–Kier alpha value is -1.05. The highest BCUT2D eigenvalue weighted by Crippen LogP contribution is 2.31. The quantitative estimate of drug-likeness (QED) is 0.820. The summed E-state index contributed by atoms with van der Waals surface area (Å²) >= 11 is 0. The van der Waals surface area contributed by atoms with Crippen molar-refractivity contribution in [3.8, 4) is 0 Å². The third kappa shape index (κ3) is 2.55. The number of rotatable bonds is 2. The van der Waals surface area contributed by atoms with Gasteiger partial charge in [-0.2, -0.15) is 0 Å². The number of nitrogens with one attached hydrogen (secondary N) is 1. The largest absolute Gasteiger partial charge is 0.382 e. The Bertz CT molecular complexity index is 348. The van der Waals surface area contributed by atoms with Crippen LogP contribution in [0.25, 0.3) is 0 Å². The molecule has 1 aromatic rings. The molecule has 2 nitrogen and oxygen atoms in total. The van der Waals surface area contributed by atoms with Crippen LogP contribution in [0, 0.1) is 18.8 Å². The van der Waals surface area contributed by atoms with Crippen LogP contribution in [0.2, 0.25) is 0 Å². The molecule has 0 bridgehead atoms. The predicted molar refractivity (Wildman–Crippen MR) is 68.6 cm³/mol. The van der Waals surface area contributed by atoms with Gasteiger partial charge in [0.2, 0.25) is 0 Å². The second-order valence-corrected chi connectivity index (χ2v) is 5.30. The van der Waals surface area contributed by atoms with Gasteiger partial charge < -0.3 is 5.32 Å². The standard InChI is InChI=1S/C14H22N2/c1-10-4-5-13(8-11(10)2)16-14-6-7-15-9-12(14)3/h6-7,9-11,13H,4-5,8H2,1-3H3,(H,15,16). The first-order valence-electron chi connectivity index (χ1n) is 6.34. The Morgan fingerprint density at radius 2 is 2.06 bits per heavy atom. The van der Waals surface area contributed by atoms with Crippen LogP contribution >= 0.6 is 0 Å². The van der Waals surface area contributed by atoms with E-state index in [4.69, 9.17) is 0 Å². The Morgan fingerprint density at radius 3 is 2.75 bits per heavy atom. The van der Waals surface area contributed by atoms with Crippen LogP contribution in [-0.4, -0.2) is 11.0 Å². The van der Waals surface area contributed by atoms with Crippen LogP contribution in [0.5, 0.6) is 0 Å². The second kappa shape index (κ2) is 4.86. The molecule has 3 unspecified atom stereocenters. The Kier molecular flexibility index (Phi) is 3.47. The van der Waals surface area contributed by atoms with Gasteiger partial charge in [0, 0.05) is 24.1 Å². The summed E-state index contributed by atoms with van der Waals surface area (Å²) in [7, 11) is 0. The first-order chi connectivity index (χ1) is 7.66. The van der Waals surface area contributed by atoms with Gasteiger partial charge in [0.25, 0.3) is 0 Å². The van der Waals surface area contributed by atoms with Crippen molar-refractivity contribution in [3.05, 3.63) is 24.0 Å².